The van der Waals surface area contributed by atoms with Gasteiger partial charge in [-0.1, -0.05) is 25.4 Å². The van der Waals surface area contributed by atoms with Crippen LogP contribution in [0.5, 0.6) is 0 Å². The molecule has 1 aromatic heterocycles. The molecule has 2 atom stereocenters. The molecule has 1 aliphatic carbocycles. The van der Waals surface area contributed by atoms with Crippen LogP contribution in [-0.4, -0.2) is 23.7 Å². The minimum Gasteiger partial charge on any atom is -0.378 e. The van der Waals surface area contributed by atoms with Crippen molar-refractivity contribution >= 4 is 17.4 Å². The highest BCUT2D eigenvalue weighted by molar-refractivity contribution is 6.29. The van der Waals surface area contributed by atoms with Gasteiger partial charge in [0.1, 0.15) is 11.0 Å². The molecule has 0 aliphatic heterocycles. The van der Waals surface area contributed by atoms with Gasteiger partial charge in [-0.2, -0.15) is 5.26 Å². The molecule has 1 fully saturated rings. The molecule has 102 valence electrons. The van der Waals surface area contributed by atoms with Crippen molar-refractivity contribution in [3.8, 4) is 6.07 Å². The van der Waals surface area contributed by atoms with E-state index in [0.717, 1.165) is 13.0 Å². The summed E-state index contributed by atoms with van der Waals surface area (Å²) in [6.45, 7) is 7.08. The molecular formula is C14H18ClN3O. The van der Waals surface area contributed by atoms with E-state index in [-0.39, 0.29) is 17.6 Å². The van der Waals surface area contributed by atoms with Crippen molar-refractivity contribution in [1.29, 1.82) is 5.26 Å². The average molecular weight is 280 g/mol. The molecule has 1 N–H and O–H groups in total. The van der Waals surface area contributed by atoms with Gasteiger partial charge >= 0.3 is 0 Å². The highest BCUT2D eigenvalue weighted by Gasteiger charge is 2.49. The number of halogens is 1. The highest BCUT2D eigenvalue weighted by Crippen LogP contribution is 2.44. The van der Waals surface area contributed by atoms with Crippen LogP contribution >= 0.6 is 11.6 Å². The minimum atomic E-state index is 0.0484. The molecule has 1 heterocycles. The second kappa shape index (κ2) is 5.36. The zero-order chi connectivity index (χ0) is 14.0. The zero-order valence-electron chi connectivity index (χ0n) is 11.4. The number of aromatic nitrogens is 1. The van der Waals surface area contributed by atoms with Crippen molar-refractivity contribution in [3.05, 3.63) is 22.8 Å². The molecule has 0 saturated heterocycles. The van der Waals surface area contributed by atoms with Crippen LogP contribution in [-0.2, 0) is 4.74 Å². The lowest BCUT2D eigenvalue weighted by Gasteiger charge is -2.51. The summed E-state index contributed by atoms with van der Waals surface area (Å²) in [4.78, 5) is 4.20. The summed E-state index contributed by atoms with van der Waals surface area (Å²) in [7, 11) is 0. The monoisotopic (exact) mass is 279 g/mol. The molecule has 2 unspecified atom stereocenters. The van der Waals surface area contributed by atoms with Gasteiger partial charge in [-0.05, 0) is 25.5 Å². The molecule has 5 heteroatoms. The van der Waals surface area contributed by atoms with Gasteiger partial charge in [-0.3, -0.25) is 0 Å². The summed E-state index contributed by atoms with van der Waals surface area (Å²) < 4.78 is 5.69. The maximum absolute atomic E-state index is 8.92. The van der Waals surface area contributed by atoms with Crippen LogP contribution in [0.2, 0.25) is 5.15 Å². The zero-order valence-corrected chi connectivity index (χ0v) is 12.2. The minimum absolute atomic E-state index is 0.0484. The SMILES string of the molecule is CCOC1CC(Nc2cc(C#N)cc(Cl)n2)C1(C)C. The summed E-state index contributed by atoms with van der Waals surface area (Å²) in [5, 5.41) is 12.6. The van der Waals surface area contributed by atoms with Crippen LogP contribution in [0.1, 0.15) is 32.8 Å². The summed E-state index contributed by atoms with van der Waals surface area (Å²) in [6, 6.07) is 5.63. The Morgan fingerprint density at radius 1 is 1.58 bits per heavy atom. The number of nitriles is 1. The molecule has 0 bridgehead atoms. The second-order valence-electron chi connectivity index (χ2n) is 5.37. The fraction of sp³-hybridized carbons (Fsp3) is 0.571. The predicted octanol–water partition coefficient (Wildman–Crippen LogP) is 3.22. The normalized spacial score (nSPS) is 24.4. The largest absolute Gasteiger partial charge is 0.378 e. The summed E-state index contributed by atoms with van der Waals surface area (Å²) >= 11 is 5.90. The third-order valence-electron chi connectivity index (χ3n) is 3.79. The Hall–Kier alpha value is -1.31. The van der Waals surface area contributed by atoms with E-state index in [1.54, 1.807) is 12.1 Å². The standard InChI is InChI=1S/C14H18ClN3O/c1-4-19-11-7-10(14(11,2)3)17-13-6-9(8-16)5-12(15)18-13/h5-6,10-11H,4,7H2,1-3H3,(H,17,18). The van der Waals surface area contributed by atoms with Crippen molar-refractivity contribution in [1.82, 2.24) is 4.98 Å². The van der Waals surface area contributed by atoms with E-state index in [4.69, 9.17) is 21.6 Å². The molecule has 0 radical (unpaired) electrons. The van der Waals surface area contributed by atoms with Gasteiger partial charge in [0, 0.05) is 18.1 Å². The lowest BCUT2D eigenvalue weighted by molar-refractivity contribution is -0.0976. The number of nitrogens with one attached hydrogen (secondary N) is 1. The van der Waals surface area contributed by atoms with E-state index in [1.165, 1.54) is 0 Å². The van der Waals surface area contributed by atoms with Gasteiger partial charge in [-0.15, -0.1) is 0 Å². The lowest BCUT2D eigenvalue weighted by atomic mass is 9.64. The first-order chi connectivity index (χ1) is 8.97. The summed E-state index contributed by atoms with van der Waals surface area (Å²) in [5.41, 5.74) is 0.563. The number of hydrogen-bond acceptors (Lipinski definition) is 4. The Morgan fingerprint density at radius 3 is 2.89 bits per heavy atom. The predicted molar refractivity (Wildman–Crippen MR) is 75.2 cm³/mol. The van der Waals surface area contributed by atoms with E-state index in [2.05, 4.69) is 30.2 Å². The van der Waals surface area contributed by atoms with Crippen LogP contribution in [0.25, 0.3) is 0 Å². The third-order valence-corrected chi connectivity index (χ3v) is 3.98. The number of ether oxygens (including phenoxy) is 1. The smallest absolute Gasteiger partial charge is 0.132 e. The molecule has 1 aromatic rings. The Balaban J connectivity index is 2.07. The third kappa shape index (κ3) is 2.83. The van der Waals surface area contributed by atoms with Crippen molar-refractivity contribution in [2.45, 2.75) is 39.3 Å². The topological polar surface area (TPSA) is 57.9 Å². The maximum atomic E-state index is 8.92. The van der Waals surface area contributed by atoms with Gasteiger partial charge in [0.05, 0.1) is 17.7 Å². The Labute approximate surface area is 118 Å². The fourth-order valence-corrected chi connectivity index (χ4v) is 2.64. The van der Waals surface area contributed by atoms with Crippen molar-refractivity contribution in [2.75, 3.05) is 11.9 Å². The van der Waals surface area contributed by atoms with Crippen molar-refractivity contribution in [3.63, 3.8) is 0 Å². The molecule has 19 heavy (non-hydrogen) atoms. The van der Waals surface area contributed by atoms with Gasteiger partial charge in [0.25, 0.3) is 0 Å². The van der Waals surface area contributed by atoms with E-state index >= 15 is 0 Å². The molecule has 4 nitrogen and oxygen atoms in total. The Bertz CT molecular complexity index is 510. The van der Waals surface area contributed by atoms with Crippen molar-refractivity contribution in [2.24, 2.45) is 5.41 Å². The van der Waals surface area contributed by atoms with E-state index in [0.29, 0.717) is 16.5 Å². The van der Waals surface area contributed by atoms with Crippen LogP contribution in [0, 0.1) is 16.7 Å². The highest BCUT2D eigenvalue weighted by atomic mass is 35.5. The van der Waals surface area contributed by atoms with Gasteiger partial charge < -0.3 is 10.1 Å². The van der Waals surface area contributed by atoms with Crippen LogP contribution in [0.4, 0.5) is 5.82 Å². The molecule has 0 amide bonds. The first-order valence-electron chi connectivity index (χ1n) is 6.43. The van der Waals surface area contributed by atoms with Gasteiger partial charge in [0.2, 0.25) is 0 Å². The van der Waals surface area contributed by atoms with Crippen molar-refractivity contribution < 1.29 is 4.74 Å². The van der Waals surface area contributed by atoms with Crippen LogP contribution in [0.3, 0.4) is 0 Å². The maximum Gasteiger partial charge on any atom is 0.132 e. The number of rotatable bonds is 4. The van der Waals surface area contributed by atoms with Gasteiger partial charge in [-0.25, -0.2) is 4.98 Å². The Morgan fingerprint density at radius 2 is 2.32 bits per heavy atom. The molecule has 0 aromatic carbocycles. The fourth-order valence-electron chi connectivity index (χ4n) is 2.43. The van der Waals surface area contributed by atoms with Crippen LogP contribution in [0.15, 0.2) is 12.1 Å². The summed E-state index contributed by atoms with van der Waals surface area (Å²) in [5.74, 6) is 0.650. The molecule has 0 spiro atoms. The molecule has 2 rings (SSSR count). The lowest BCUT2D eigenvalue weighted by Crippen LogP contribution is -2.58. The van der Waals surface area contributed by atoms with E-state index in [1.807, 2.05) is 6.92 Å². The number of anilines is 1. The van der Waals surface area contributed by atoms with E-state index < -0.39 is 0 Å². The molecule has 1 aliphatic rings. The quantitative estimate of drug-likeness (QED) is 0.860. The van der Waals surface area contributed by atoms with E-state index in [9.17, 15) is 0 Å². The number of hydrogen-bond donors (Lipinski definition) is 1. The number of nitrogens with zero attached hydrogens (tertiary/aromatic N) is 2. The second-order valence-corrected chi connectivity index (χ2v) is 5.76. The molecule has 1 saturated carbocycles. The Kier molecular flexibility index (Phi) is 3.98. The number of pyridine rings is 1. The molecular weight excluding hydrogens is 262 g/mol. The first kappa shape index (κ1) is 14.1. The average Bonchev–Trinajstić information content (AvgIpc) is 2.37. The van der Waals surface area contributed by atoms with Crippen LogP contribution < -0.4 is 5.32 Å². The first-order valence-corrected chi connectivity index (χ1v) is 6.81. The van der Waals surface area contributed by atoms with Gasteiger partial charge in [0.15, 0.2) is 0 Å². The summed E-state index contributed by atoms with van der Waals surface area (Å²) in [6.07, 6.45) is 1.21.